The van der Waals surface area contributed by atoms with Crippen LogP contribution in [-0.2, 0) is 16.1 Å². The van der Waals surface area contributed by atoms with Crippen molar-refractivity contribution in [3.05, 3.63) is 90.3 Å². The SMILES string of the molecule is Nc1ncnc2c1c(-c1ccc(Oc3ccccc3)cc1)nn2C1CCN(C2CCN(C(=O)N3CCC(CCCC4CCN(c5ccc6c(c5)CN(C5CCC(=O)NC5=O)C6=O)CC4)CC3)CC2)CC1. The molecular weight excluding hydrogens is 883 g/mol. The van der Waals surface area contributed by atoms with Crippen molar-refractivity contribution < 1.29 is 23.9 Å². The van der Waals surface area contributed by atoms with Crippen LogP contribution in [0.2, 0.25) is 0 Å². The average molecular weight is 948 g/mol. The predicted octanol–water partition coefficient (Wildman–Crippen LogP) is 7.65. The first kappa shape index (κ1) is 45.9. The molecule has 0 bridgehead atoms. The van der Waals surface area contributed by atoms with Crippen LogP contribution in [-0.4, -0.2) is 128 Å². The lowest BCUT2D eigenvalue weighted by molar-refractivity contribution is -0.136. The molecule has 11 rings (SSSR count). The van der Waals surface area contributed by atoms with Gasteiger partial charge in [-0.2, -0.15) is 5.10 Å². The third-order valence-electron chi connectivity index (χ3n) is 16.3. The zero-order chi connectivity index (χ0) is 47.7. The number of para-hydroxylation sites is 1. The number of rotatable bonds is 11. The first-order valence-electron chi connectivity index (χ1n) is 25.8. The number of nitrogens with zero attached hydrogens (tertiary/aromatic N) is 9. The Kier molecular flexibility index (Phi) is 13.1. The van der Waals surface area contributed by atoms with Crippen molar-refractivity contribution >= 4 is 46.3 Å². The number of anilines is 2. The Bertz CT molecular complexity index is 2700. The Morgan fingerprint density at radius 3 is 2.07 bits per heavy atom. The maximum absolute atomic E-state index is 13.7. The largest absolute Gasteiger partial charge is 0.457 e. The van der Waals surface area contributed by atoms with Crippen molar-refractivity contribution in [3.8, 4) is 22.8 Å². The smallest absolute Gasteiger partial charge is 0.319 e. The van der Waals surface area contributed by atoms with E-state index in [0.717, 1.165) is 142 Å². The minimum Gasteiger partial charge on any atom is -0.457 e. The summed E-state index contributed by atoms with van der Waals surface area (Å²) >= 11 is 0. The number of nitrogen functional groups attached to an aromatic ring is 1. The molecule has 5 saturated heterocycles. The number of benzene rings is 3. The molecule has 366 valence electrons. The van der Waals surface area contributed by atoms with Crippen LogP contribution in [0.15, 0.2) is 79.1 Å². The summed E-state index contributed by atoms with van der Waals surface area (Å²) in [6.07, 6.45) is 14.4. The summed E-state index contributed by atoms with van der Waals surface area (Å²) < 4.78 is 8.11. The van der Waals surface area contributed by atoms with E-state index in [1.807, 2.05) is 66.7 Å². The van der Waals surface area contributed by atoms with E-state index in [0.29, 0.717) is 36.3 Å². The quantitative estimate of drug-likeness (QED) is 0.125. The summed E-state index contributed by atoms with van der Waals surface area (Å²) in [5.41, 5.74) is 11.7. The number of nitrogens with two attached hydrogens (primary N) is 1. The molecule has 1 atom stereocenters. The Labute approximate surface area is 409 Å². The van der Waals surface area contributed by atoms with Gasteiger partial charge >= 0.3 is 6.03 Å². The van der Waals surface area contributed by atoms with Crippen molar-refractivity contribution in [1.29, 1.82) is 0 Å². The number of hydrogen-bond donors (Lipinski definition) is 2. The Morgan fingerprint density at radius 1 is 0.714 bits per heavy atom. The number of aromatic nitrogens is 4. The van der Waals surface area contributed by atoms with Crippen LogP contribution in [0.3, 0.4) is 0 Å². The standard InChI is InChI=1S/C54H65N11O5/c55-50-48-49(38-9-12-44(13-10-38)70-43-7-2-1-3-8-43)59-65(51(48)57-35-56-50)41-23-29-60(30-24-41)40-21-31-63(32-22-40)54(69)62-27-19-37(20-28-62)6-4-5-36-17-25-61(26-18-36)42-11-14-45-39(33-42)34-64(53(45)68)46-15-16-47(66)58-52(46)67/h1-3,7-14,33,35-37,40-41,46H,4-6,15-32,34H2,(H2,55,56,57)(H,58,66,67). The molecule has 16 nitrogen and oxygen atoms in total. The molecule has 1 unspecified atom stereocenters. The van der Waals surface area contributed by atoms with Crippen LogP contribution in [0.25, 0.3) is 22.3 Å². The minimum absolute atomic E-state index is 0.123. The maximum Gasteiger partial charge on any atom is 0.319 e. The van der Waals surface area contributed by atoms with Crippen LogP contribution in [0.1, 0.15) is 105 Å². The van der Waals surface area contributed by atoms with Crippen molar-refractivity contribution in [2.24, 2.45) is 11.8 Å². The third-order valence-corrected chi connectivity index (χ3v) is 16.3. The van der Waals surface area contributed by atoms with Crippen LogP contribution in [0.5, 0.6) is 11.5 Å². The second-order valence-corrected chi connectivity index (χ2v) is 20.5. The molecule has 0 radical (unpaired) electrons. The van der Waals surface area contributed by atoms with Gasteiger partial charge in [0, 0.05) is 88.2 Å². The lowest BCUT2D eigenvalue weighted by Gasteiger charge is -2.43. The molecule has 3 aromatic carbocycles. The van der Waals surface area contributed by atoms with Gasteiger partial charge in [-0.15, -0.1) is 0 Å². The lowest BCUT2D eigenvalue weighted by atomic mass is 9.86. The number of urea groups is 1. The summed E-state index contributed by atoms with van der Waals surface area (Å²) in [5.74, 6) is 2.61. The molecular formula is C54H65N11O5. The number of piperidine rings is 5. The molecule has 3 N–H and O–H groups in total. The van der Waals surface area contributed by atoms with E-state index in [1.54, 1.807) is 4.90 Å². The molecule has 5 fully saturated rings. The molecule has 5 amide bonds. The first-order chi connectivity index (χ1) is 34.2. The number of likely N-dealkylation sites (tertiary alicyclic amines) is 3. The fraction of sp³-hybridized carbons (Fsp3) is 0.500. The number of carbonyl (C=O) groups is 4. The van der Waals surface area contributed by atoms with E-state index in [1.165, 1.54) is 38.4 Å². The second kappa shape index (κ2) is 20.1. The van der Waals surface area contributed by atoms with Crippen LogP contribution in [0, 0.1) is 11.8 Å². The van der Waals surface area contributed by atoms with Gasteiger partial charge in [-0.1, -0.05) is 37.5 Å². The molecule has 0 saturated carbocycles. The number of carbonyl (C=O) groups excluding carboxylic acids is 4. The molecule has 70 heavy (non-hydrogen) atoms. The Balaban J connectivity index is 0.590. The van der Waals surface area contributed by atoms with E-state index in [-0.39, 0.29) is 36.2 Å². The molecule has 0 spiro atoms. The van der Waals surface area contributed by atoms with E-state index in [9.17, 15) is 19.2 Å². The summed E-state index contributed by atoms with van der Waals surface area (Å²) in [5, 5.41) is 8.32. The van der Waals surface area contributed by atoms with Gasteiger partial charge in [-0.3, -0.25) is 19.7 Å². The second-order valence-electron chi connectivity index (χ2n) is 20.5. The summed E-state index contributed by atoms with van der Waals surface area (Å²) in [6, 6.07) is 24.1. The Hall–Kier alpha value is -6.55. The van der Waals surface area contributed by atoms with Gasteiger partial charge in [0.2, 0.25) is 11.8 Å². The molecule has 2 aromatic heterocycles. The number of amides is 5. The highest BCUT2D eigenvalue weighted by Crippen LogP contribution is 2.37. The summed E-state index contributed by atoms with van der Waals surface area (Å²) in [7, 11) is 0. The van der Waals surface area contributed by atoms with Gasteiger partial charge in [-0.05, 0) is 130 Å². The van der Waals surface area contributed by atoms with Crippen molar-refractivity contribution in [2.45, 2.75) is 108 Å². The highest BCUT2D eigenvalue weighted by Gasteiger charge is 2.40. The zero-order valence-electron chi connectivity index (χ0n) is 40.1. The molecule has 8 heterocycles. The van der Waals surface area contributed by atoms with Gasteiger partial charge < -0.3 is 35.0 Å². The highest BCUT2D eigenvalue weighted by molar-refractivity contribution is 6.05. The molecule has 6 aliphatic heterocycles. The monoisotopic (exact) mass is 948 g/mol. The van der Waals surface area contributed by atoms with Gasteiger partial charge in [0.05, 0.1) is 11.4 Å². The van der Waals surface area contributed by atoms with E-state index >= 15 is 0 Å². The molecule has 0 aliphatic carbocycles. The Morgan fingerprint density at radius 2 is 1.37 bits per heavy atom. The van der Waals surface area contributed by atoms with Gasteiger partial charge in [-0.25, -0.2) is 19.4 Å². The predicted molar refractivity (Wildman–Crippen MR) is 267 cm³/mol. The fourth-order valence-corrected chi connectivity index (χ4v) is 12.2. The minimum atomic E-state index is -0.590. The highest BCUT2D eigenvalue weighted by atomic mass is 16.5. The fourth-order valence-electron chi connectivity index (χ4n) is 12.2. The van der Waals surface area contributed by atoms with E-state index in [4.69, 9.17) is 15.6 Å². The zero-order valence-corrected chi connectivity index (χ0v) is 40.1. The lowest BCUT2D eigenvalue weighted by Crippen LogP contribution is -2.53. The van der Waals surface area contributed by atoms with Crippen molar-refractivity contribution in [2.75, 3.05) is 63.0 Å². The first-order valence-corrected chi connectivity index (χ1v) is 25.8. The maximum atomic E-state index is 13.7. The number of fused-ring (bicyclic) bond motifs is 2. The third kappa shape index (κ3) is 9.54. The van der Waals surface area contributed by atoms with E-state index < -0.39 is 6.04 Å². The van der Waals surface area contributed by atoms with Crippen molar-refractivity contribution in [3.63, 3.8) is 0 Å². The number of imide groups is 1. The van der Waals surface area contributed by atoms with Crippen LogP contribution < -0.4 is 20.7 Å². The number of ether oxygens (including phenoxy) is 1. The molecule has 5 aromatic rings. The van der Waals surface area contributed by atoms with E-state index in [2.05, 4.69) is 45.6 Å². The number of nitrogens with one attached hydrogen (secondary N) is 1. The summed E-state index contributed by atoms with van der Waals surface area (Å²) in [6.45, 7) is 7.74. The van der Waals surface area contributed by atoms with Gasteiger partial charge in [0.15, 0.2) is 5.65 Å². The van der Waals surface area contributed by atoms with Gasteiger partial charge in [0.25, 0.3) is 5.91 Å². The average Bonchev–Trinajstić information content (AvgIpc) is 3.95. The summed E-state index contributed by atoms with van der Waals surface area (Å²) in [4.78, 5) is 71.0. The normalized spacial score (nSPS) is 21.4. The van der Waals surface area contributed by atoms with Crippen molar-refractivity contribution in [1.82, 2.24) is 44.7 Å². The van der Waals surface area contributed by atoms with Crippen LogP contribution >= 0.6 is 0 Å². The van der Waals surface area contributed by atoms with Crippen LogP contribution in [0.4, 0.5) is 16.3 Å². The molecule has 16 heteroatoms. The topological polar surface area (TPSA) is 175 Å². The molecule has 6 aliphatic rings. The van der Waals surface area contributed by atoms with Gasteiger partial charge in [0.1, 0.15) is 35.4 Å². The number of hydrogen-bond acceptors (Lipinski definition) is 11.